The van der Waals surface area contributed by atoms with Crippen LogP contribution in [-0.2, 0) is 0 Å². The number of allylic oxidation sites excluding steroid dienone is 4. The normalized spacial score (nSPS) is 24.6. The third kappa shape index (κ3) is 1.87. The predicted octanol–water partition coefficient (Wildman–Crippen LogP) is 3.13. The molecule has 56 valence electrons. The predicted molar refractivity (Wildman–Crippen MR) is 44.6 cm³/mol. The third-order valence-corrected chi connectivity index (χ3v) is 2.57. The third-order valence-electron chi connectivity index (χ3n) is 1.59. The highest BCUT2D eigenvalue weighted by Crippen LogP contribution is 2.29. The first-order valence-electron chi connectivity index (χ1n) is 3.40. The van der Waals surface area contributed by atoms with Crippen molar-refractivity contribution in [3.05, 3.63) is 23.1 Å². The summed E-state index contributed by atoms with van der Waals surface area (Å²) >= 11 is 1.30. The van der Waals surface area contributed by atoms with E-state index in [4.69, 9.17) is 0 Å². The molecule has 0 N–H and O–H groups in total. The molecule has 0 saturated heterocycles. The molecule has 1 rings (SSSR count). The molecule has 10 heavy (non-hydrogen) atoms. The second kappa shape index (κ2) is 3.81. The Morgan fingerprint density at radius 1 is 1.80 bits per heavy atom. The van der Waals surface area contributed by atoms with Gasteiger partial charge in [0.05, 0.1) is 0 Å². The second-order valence-electron chi connectivity index (χ2n) is 2.39. The fraction of sp³-hybridized carbons (Fsp3) is 0.500. The standard InChI is InChI=1S/C8H11FS/c1-7-4-2-3-5-8(7)10-6-9/h2-3,5,7H,4,6H2,1H3. The van der Waals surface area contributed by atoms with Crippen LogP contribution in [0.3, 0.4) is 0 Å². The Balaban J connectivity index is 2.52. The summed E-state index contributed by atoms with van der Waals surface area (Å²) in [5, 5.41) is 0. The lowest BCUT2D eigenvalue weighted by Crippen LogP contribution is -1.97. The van der Waals surface area contributed by atoms with E-state index in [1.54, 1.807) is 0 Å². The van der Waals surface area contributed by atoms with Crippen LogP contribution < -0.4 is 0 Å². The largest absolute Gasteiger partial charge is 0.239 e. The van der Waals surface area contributed by atoms with E-state index in [0.717, 1.165) is 6.42 Å². The molecule has 0 spiro atoms. The molecule has 0 heterocycles. The van der Waals surface area contributed by atoms with Gasteiger partial charge in [0, 0.05) is 0 Å². The monoisotopic (exact) mass is 158 g/mol. The average Bonchev–Trinajstić information content (AvgIpc) is 1.94. The zero-order valence-corrected chi connectivity index (χ0v) is 6.83. The van der Waals surface area contributed by atoms with Crippen LogP contribution in [0.1, 0.15) is 13.3 Å². The highest BCUT2D eigenvalue weighted by Gasteiger charge is 2.09. The minimum Gasteiger partial charge on any atom is -0.239 e. The summed E-state index contributed by atoms with van der Waals surface area (Å²) in [6.45, 7) is 2.12. The maximum Gasteiger partial charge on any atom is 0.139 e. The first-order chi connectivity index (χ1) is 4.84. The highest BCUT2D eigenvalue weighted by atomic mass is 32.2. The summed E-state index contributed by atoms with van der Waals surface area (Å²) in [5.74, 6) is 0.519. The van der Waals surface area contributed by atoms with Gasteiger partial charge in [-0.1, -0.05) is 36.9 Å². The lowest BCUT2D eigenvalue weighted by molar-refractivity contribution is 0.604. The van der Waals surface area contributed by atoms with Gasteiger partial charge in [-0.2, -0.15) is 0 Å². The molecule has 2 heteroatoms. The van der Waals surface area contributed by atoms with Gasteiger partial charge in [-0.05, 0) is 17.2 Å². The van der Waals surface area contributed by atoms with Crippen molar-refractivity contribution in [1.29, 1.82) is 0 Å². The quantitative estimate of drug-likeness (QED) is 0.595. The van der Waals surface area contributed by atoms with Crippen LogP contribution in [0.2, 0.25) is 0 Å². The van der Waals surface area contributed by atoms with Crippen LogP contribution >= 0.6 is 11.8 Å². The summed E-state index contributed by atoms with van der Waals surface area (Å²) in [4.78, 5) is 1.17. The first kappa shape index (κ1) is 7.86. The van der Waals surface area contributed by atoms with Crippen molar-refractivity contribution in [2.24, 2.45) is 5.92 Å². The molecule has 0 bridgehead atoms. The Hall–Kier alpha value is -0.240. The number of thioether (sulfide) groups is 1. The molecule has 0 aromatic heterocycles. The number of rotatable bonds is 2. The van der Waals surface area contributed by atoms with Gasteiger partial charge >= 0.3 is 0 Å². The molecule has 0 amide bonds. The van der Waals surface area contributed by atoms with Crippen LogP contribution in [-0.4, -0.2) is 6.01 Å². The van der Waals surface area contributed by atoms with E-state index in [-0.39, 0.29) is 6.01 Å². The molecule has 1 aliphatic rings. The summed E-state index contributed by atoms with van der Waals surface area (Å²) in [6.07, 6.45) is 7.17. The van der Waals surface area contributed by atoms with E-state index >= 15 is 0 Å². The van der Waals surface area contributed by atoms with Crippen LogP contribution in [0, 0.1) is 5.92 Å². The fourth-order valence-corrected chi connectivity index (χ4v) is 1.66. The van der Waals surface area contributed by atoms with Gasteiger partial charge in [0.15, 0.2) is 0 Å². The van der Waals surface area contributed by atoms with E-state index < -0.39 is 0 Å². The smallest absolute Gasteiger partial charge is 0.139 e. The van der Waals surface area contributed by atoms with E-state index in [0.29, 0.717) is 5.92 Å². The van der Waals surface area contributed by atoms with E-state index in [1.165, 1.54) is 16.7 Å². The van der Waals surface area contributed by atoms with Gasteiger partial charge in [-0.15, -0.1) is 0 Å². The number of hydrogen-bond donors (Lipinski definition) is 0. The van der Waals surface area contributed by atoms with Crippen molar-refractivity contribution in [2.45, 2.75) is 13.3 Å². The Bertz CT molecular complexity index is 161. The lowest BCUT2D eigenvalue weighted by Gasteiger charge is -2.14. The maximum atomic E-state index is 11.8. The molecular formula is C8H11FS. The van der Waals surface area contributed by atoms with Crippen LogP contribution in [0.5, 0.6) is 0 Å². The first-order valence-corrected chi connectivity index (χ1v) is 4.38. The van der Waals surface area contributed by atoms with Gasteiger partial charge in [0.25, 0.3) is 0 Å². The van der Waals surface area contributed by atoms with Crippen molar-refractivity contribution >= 4 is 11.8 Å². The summed E-state index contributed by atoms with van der Waals surface area (Å²) in [5.41, 5.74) is 0. The Kier molecular flexibility index (Phi) is 3.00. The SMILES string of the molecule is CC1CC=CC=C1SCF. The summed E-state index contributed by atoms with van der Waals surface area (Å²) in [7, 11) is 0. The molecule has 0 aromatic rings. The van der Waals surface area contributed by atoms with Crippen molar-refractivity contribution in [2.75, 3.05) is 6.01 Å². The van der Waals surface area contributed by atoms with Crippen molar-refractivity contribution in [3.63, 3.8) is 0 Å². The molecule has 0 fully saturated rings. The second-order valence-corrected chi connectivity index (χ2v) is 3.37. The van der Waals surface area contributed by atoms with Gasteiger partial charge in [0.1, 0.15) is 6.01 Å². The molecule has 0 nitrogen and oxygen atoms in total. The van der Waals surface area contributed by atoms with Gasteiger partial charge in [-0.25, -0.2) is 4.39 Å². The molecule has 0 radical (unpaired) electrons. The number of alkyl halides is 1. The summed E-state index contributed by atoms with van der Waals surface area (Å²) < 4.78 is 11.8. The average molecular weight is 158 g/mol. The maximum absolute atomic E-state index is 11.8. The fourth-order valence-electron chi connectivity index (χ4n) is 0.979. The van der Waals surface area contributed by atoms with Crippen LogP contribution in [0.25, 0.3) is 0 Å². The minimum absolute atomic E-state index is 0.302. The molecule has 0 saturated carbocycles. The molecule has 1 atom stereocenters. The molecule has 0 aromatic carbocycles. The molecule has 1 aliphatic carbocycles. The molecular weight excluding hydrogens is 147 g/mol. The minimum atomic E-state index is -0.302. The van der Waals surface area contributed by atoms with Gasteiger partial charge in [0.2, 0.25) is 0 Å². The van der Waals surface area contributed by atoms with Gasteiger partial charge in [-0.3, -0.25) is 0 Å². The highest BCUT2D eigenvalue weighted by molar-refractivity contribution is 8.02. The topological polar surface area (TPSA) is 0 Å². The number of hydrogen-bond acceptors (Lipinski definition) is 1. The van der Waals surface area contributed by atoms with E-state index in [2.05, 4.69) is 13.0 Å². The lowest BCUT2D eigenvalue weighted by atomic mass is 10.0. The van der Waals surface area contributed by atoms with E-state index in [1.807, 2.05) is 12.2 Å². The number of halogens is 1. The van der Waals surface area contributed by atoms with Crippen molar-refractivity contribution in [1.82, 2.24) is 0 Å². The zero-order chi connectivity index (χ0) is 7.40. The Labute approximate surface area is 65.2 Å². The summed E-state index contributed by atoms with van der Waals surface area (Å²) in [6, 6.07) is -0.302. The van der Waals surface area contributed by atoms with Crippen molar-refractivity contribution < 1.29 is 4.39 Å². The van der Waals surface area contributed by atoms with E-state index in [9.17, 15) is 4.39 Å². The molecule has 1 unspecified atom stereocenters. The Morgan fingerprint density at radius 2 is 2.60 bits per heavy atom. The van der Waals surface area contributed by atoms with Crippen LogP contribution in [0.4, 0.5) is 4.39 Å². The van der Waals surface area contributed by atoms with Crippen molar-refractivity contribution in [3.8, 4) is 0 Å². The van der Waals surface area contributed by atoms with Crippen LogP contribution in [0.15, 0.2) is 23.1 Å². The van der Waals surface area contributed by atoms with Gasteiger partial charge < -0.3 is 0 Å². The Morgan fingerprint density at radius 3 is 3.20 bits per heavy atom. The molecule has 0 aliphatic heterocycles. The zero-order valence-electron chi connectivity index (χ0n) is 6.01.